The summed E-state index contributed by atoms with van der Waals surface area (Å²) >= 11 is 1.77. The van der Waals surface area contributed by atoms with Crippen molar-refractivity contribution in [1.82, 2.24) is 10.2 Å². The maximum absolute atomic E-state index is 12.4. The lowest BCUT2D eigenvalue weighted by molar-refractivity contribution is -0.123. The lowest BCUT2D eigenvalue weighted by atomic mass is 10.0. The molecule has 0 spiro atoms. The molecule has 1 aliphatic rings. The van der Waals surface area contributed by atoms with E-state index >= 15 is 0 Å². The summed E-state index contributed by atoms with van der Waals surface area (Å²) in [5.41, 5.74) is 1.27. The largest absolute Gasteiger partial charge is 0.484 e. The van der Waals surface area contributed by atoms with Gasteiger partial charge in [0.1, 0.15) is 5.75 Å². The van der Waals surface area contributed by atoms with Gasteiger partial charge in [-0.05, 0) is 61.0 Å². The van der Waals surface area contributed by atoms with Crippen LogP contribution in [0, 0.1) is 0 Å². The van der Waals surface area contributed by atoms with Crippen molar-refractivity contribution >= 4 is 29.7 Å². The molecule has 0 radical (unpaired) electrons. The normalized spacial score (nSPS) is 16.0. The highest BCUT2D eigenvalue weighted by molar-refractivity contribution is 7.10. The Morgan fingerprint density at radius 3 is 2.38 bits per heavy atom. The zero-order valence-electron chi connectivity index (χ0n) is 17.4. The Hall–Kier alpha value is -1.56. The summed E-state index contributed by atoms with van der Waals surface area (Å²) < 4.78 is 5.67. The Kier molecular flexibility index (Phi) is 9.98. The molecule has 29 heavy (non-hydrogen) atoms. The van der Waals surface area contributed by atoms with Crippen LogP contribution in [0.3, 0.4) is 0 Å². The number of likely N-dealkylation sites (tertiary alicyclic amines) is 1. The Balaban J connectivity index is 0.00000300. The van der Waals surface area contributed by atoms with Crippen molar-refractivity contribution in [3.63, 3.8) is 0 Å². The number of nitrogens with zero attached hydrogens (tertiary/aromatic N) is 1. The van der Waals surface area contributed by atoms with Gasteiger partial charge >= 0.3 is 0 Å². The molecule has 1 saturated heterocycles. The first-order valence-electron chi connectivity index (χ1n) is 10.4. The van der Waals surface area contributed by atoms with Gasteiger partial charge in [0.05, 0.1) is 6.04 Å². The van der Waals surface area contributed by atoms with Crippen LogP contribution in [0.4, 0.5) is 0 Å². The monoisotopic (exact) mass is 436 g/mol. The number of thiophene rings is 1. The average Bonchev–Trinajstić information content (AvgIpc) is 3.09. The van der Waals surface area contributed by atoms with Crippen molar-refractivity contribution in [3.05, 3.63) is 52.2 Å². The van der Waals surface area contributed by atoms with Crippen LogP contribution in [0.5, 0.6) is 5.75 Å². The minimum atomic E-state index is -0.0654. The first kappa shape index (κ1) is 23.7. The Morgan fingerprint density at radius 2 is 1.79 bits per heavy atom. The second-order valence-electron chi connectivity index (χ2n) is 7.80. The number of halogens is 1. The van der Waals surface area contributed by atoms with E-state index in [1.165, 1.54) is 36.1 Å². The van der Waals surface area contributed by atoms with Crippen LogP contribution in [0.2, 0.25) is 0 Å². The molecule has 160 valence electrons. The number of rotatable bonds is 8. The molecule has 0 bridgehead atoms. The van der Waals surface area contributed by atoms with E-state index in [0.29, 0.717) is 12.5 Å². The third-order valence-corrected chi connectivity index (χ3v) is 6.34. The molecule has 1 aromatic carbocycles. The molecule has 4 nitrogen and oxygen atoms in total. The number of hydrogen-bond donors (Lipinski definition) is 1. The minimum absolute atomic E-state index is 0. The van der Waals surface area contributed by atoms with Crippen molar-refractivity contribution in [2.75, 3.05) is 26.2 Å². The van der Waals surface area contributed by atoms with Crippen molar-refractivity contribution in [2.45, 2.75) is 51.5 Å². The molecule has 1 amide bonds. The van der Waals surface area contributed by atoms with Gasteiger partial charge in [-0.1, -0.05) is 44.9 Å². The van der Waals surface area contributed by atoms with Crippen LogP contribution in [-0.2, 0) is 4.79 Å². The van der Waals surface area contributed by atoms with E-state index in [1.54, 1.807) is 11.3 Å². The number of benzene rings is 1. The topological polar surface area (TPSA) is 41.6 Å². The second kappa shape index (κ2) is 12.2. The fourth-order valence-corrected chi connectivity index (χ4v) is 4.52. The summed E-state index contributed by atoms with van der Waals surface area (Å²) in [7, 11) is 0. The maximum Gasteiger partial charge on any atom is 0.258 e. The lowest BCUT2D eigenvalue weighted by Gasteiger charge is -2.30. The van der Waals surface area contributed by atoms with Gasteiger partial charge in [-0.15, -0.1) is 23.7 Å². The maximum atomic E-state index is 12.4. The van der Waals surface area contributed by atoms with E-state index in [9.17, 15) is 4.79 Å². The van der Waals surface area contributed by atoms with E-state index in [4.69, 9.17) is 4.74 Å². The van der Waals surface area contributed by atoms with Gasteiger partial charge in [0.25, 0.3) is 5.91 Å². The Labute approximate surface area is 185 Å². The predicted molar refractivity (Wildman–Crippen MR) is 123 cm³/mol. The highest BCUT2D eigenvalue weighted by atomic mass is 35.5. The molecule has 1 aliphatic heterocycles. The molecule has 1 fully saturated rings. The highest BCUT2D eigenvalue weighted by Gasteiger charge is 2.23. The van der Waals surface area contributed by atoms with Gasteiger partial charge in [-0.3, -0.25) is 9.69 Å². The van der Waals surface area contributed by atoms with Gasteiger partial charge in [0.2, 0.25) is 0 Å². The van der Waals surface area contributed by atoms with Gasteiger partial charge in [0, 0.05) is 11.4 Å². The fourth-order valence-electron chi connectivity index (χ4n) is 3.66. The van der Waals surface area contributed by atoms with Crippen molar-refractivity contribution in [3.8, 4) is 5.75 Å². The minimum Gasteiger partial charge on any atom is -0.484 e. The molecule has 2 heterocycles. The molecule has 2 aromatic rings. The molecule has 1 N–H and O–H groups in total. The smallest absolute Gasteiger partial charge is 0.258 e. The predicted octanol–water partition coefficient (Wildman–Crippen LogP) is 5.41. The van der Waals surface area contributed by atoms with Gasteiger partial charge in [0.15, 0.2) is 6.61 Å². The van der Waals surface area contributed by atoms with Gasteiger partial charge < -0.3 is 10.1 Å². The quantitative estimate of drug-likeness (QED) is 0.601. The van der Waals surface area contributed by atoms with Crippen LogP contribution in [0.1, 0.15) is 61.9 Å². The Bertz CT molecular complexity index is 711. The first-order valence-corrected chi connectivity index (χ1v) is 11.3. The van der Waals surface area contributed by atoms with E-state index < -0.39 is 0 Å². The number of carbonyl (C=O) groups is 1. The summed E-state index contributed by atoms with van der Waals surface area (Å²) in [5, 5.41) is 5.21. The number of ether oxygens (including phenoxy) is 1. The van der Waals surface area contributed by atoms with Crippen LogP contribution in [0.25, 0.3) is 0 Å². The van der Waals surface area contributed by atoms with Crippen molar-refractivity contribution < 1.29 is 9.53 Å². The molecule has 1 unspecified atom stereocenters. The zero-order valence-corrected chi connectivity index (χ0v) is 19.1. The molecular weight excluding hydrogens is 404 g/mol. The summed E-state index contributed by atoms with van der Waals surface area (Å²) in [6.45, 7) is 7.23. The van der Waals surface area contributed by atoms with Crippen LogP contribution in [-0.4, -0.2) is 37.0 Å². The van der Waals surface area contributed by atoms with Gasteiger partial charge in [-0.2, -0.15) is 0 Å². The summed E-state index contributed by atoms with van der Waals surface area (Å²) in [4.78, 5) is 16.2. The third-order valence-electron chi connectivity index (χ3n) is 5.36. The van der Waals surface area contributed by atoms with Crippen LogP contribution >= 0.6 is 23.7 Å². The second-order valence-corrected chi connectivity index (χ2v) is 8.78. The molecule has 3 rings (SSSR count). The summed E-state index contributed by atoms with van der Waals surface area (Å²) in [6.07, 6.45) is 5.10. The van der Waals surface area contributed by atoms with Crippen molar-refractivity contribution in [2.24, 2.45) is 0 Å². The lowest BCUT2D eigenvalue weighted by Crippen LogP contribution is -2.39. The van der Waals surface area contributed by atoms with E-state index in [2.05, 4.69) is 53.7 Å². The van der Waals surface area contributed by atoms with Crippen LogP contribution in [0.15, 0.2) is 41.8 Å². The first-order chi connectivity index (χ1) is 13.6. The SMILES string of the molecule is CC(C)c1ccc(OCC(=O)NCC(c2cccs2)N2CCCCCC2)cc1.Cl. The number of nitrogens with one attached hydrogen (secondary N) is 1. The number of carbonyl (C=O) groups excluding carboxylic acids is 1. The molecule has 6 heteroatoms. The van der Waals surface area contributed by atoms with Crippen LogP contribution < -0.4 is 10.1 Å². The molecular formula is C23H33ClN2O2S. The zero-order chi connectivity index (χ0) is 19.8. The standard InChI is InChI=1S/C23H32N2O2S.ClH/c1-18(2)19-9-11-20(12-10-19)27-17-23(26)24-16-21(22-8-7-15-28-22)25-13-5-3-4-6-14-25;/h7-12,15,18,21H,3-6,13-14,16-17H2,1-2H3,(H,24,26);1H. The molecule has 1 aromatic heterocycles. The van der Waals surface area contributed by atoms with Gasteiger partial charge in [-0.25, -0.2) is 0 Å². The summed E-state index contributed by atoms with van der Waals surface area (Å²) in [5.74, 6) is 1.16. The van der Waals surface area contributed by atoms with E-state index in [1.807, 2.05) is 12.1 Å². The van der Waals surface area contributed by atoms with Crippen molar-refractivity contribution in [1.29, 1.82) is 0 Å². The highest BCUT2D eigenvalue weighted by Crippen LogP contribution is 2.27. The van der Waals surface area contributed by atoms with E-state index in [0.717, 1.165) is 18.8 Å². The third kappa shape index (κ3) is 7.32. The number of hydrogen-bond acceptors (Lipinski definition) is 4. The fraction of sp³-hybridized carbons (Fsp3) is 0.522. The van der Waals surface area contributed by atoms with E-state index in [-0.39, 0.29) is 31.0 Å². The molecule has 1 atom stereocenters. The molecule has 0 aliphatic carbocycles. The molecule has 0 saturated carbocycles. The summed E-state index contributed by atoms with van der Waals surface area (Å²) in [6, 6.07) is 12.5. The average molecular weight is 437 g/mol. The number of amides is 1. The Morgan fingerprint density at radius 1 is 1.10 bits per heavy atom.